The second-order valence-corrected chi connectivity index (χ2v) is 6.17. The maximum atomic E-state index is 5.84. The third kappa shape index (κ3) is 3.31. The first-order chi connectivity index (χ1) is 10.2. The molecule has 2 heterocycles. The number of hydrogen-bond donors (Lipinski definition) is 1. The summed E-state index contributed by atoms with van der Waals surface area (Å²) in [6.07, 6.45) is 1.96. The number of benzene rings is 1. The van der Waals surface area contributed by atoms with Crippen molar-refractivity contribution >= 4 is 0 Å². The van der Waals surface area contributed by atoms with Gasteiger partial charge in [0.05, 0.1) is 0 Å². The van der Waals surface area contributed by atoms with Crippen molar-refractivity contribution in [3.8, 4) is 11.4 Å². The van der Waals surface area contributed by atoms with Gasteiger partial charge >= 0.3 is 0 Å². The molecule has 0 aliphatic carbocycles. The number of nitrogens with zero attached hydrogens (tertiary/aromatic N) is 3. The number of nitrogens with two attached hydrogens (primary N) is 1. The van der Waals surface area contributed by atoms with Gasteiger partial charge in [0.1, 0.15) is 0 Å². The molecule has 2 aromatic rings. The Bertz CT molecular complexity index is 583. The predicted molar refractivity (Wildman–Crippen MR) is 81.7 cm³/mol. The molecule has 0 spiro atoms. The lowest BCUT2D eigenvalue weighted by Gasteiger charge is -2.22. The van der Waals surface area contributed by atoms with Crippen LogP contribution in [0.15, 0.2) is 34.9 Å². The van der Waals surface area contributed by atoms with Gasteiger partial charge in [0, 0.05) is 25.1 Å². The average Bonchev–Trinajstić information content (AvgIpc) is 3.14. The van der Waals surface area contributed by atoms with E-state index in [0.29, 0.717) is 11.7 Å². The molecule has 5 heteroatoms. The molecule has 1 saturated heterocycles. The van der Waals surface area contributed by atoms with E-state index in [-0.39, 0.29) is 5.41 Å². The van der Waals surface area contributed by atoms with E-state index in [2.05, 4.69) is 22.0 Å². The summed E-state index contributed by atoms with van der Waals surface area (Å²) in [5.74, 6) is 1.37. The molecule has 21 heavy (non-hydrogen) atoms. The Balaban J connectivity index is 1.57. The smallest absolute Gasteiger partial charge is 0.228 e. The molecule has 1 aliphatic heterocycles. The summed E-state index contributed by atoms with van der Waals surface area (Å²) < 4.78 is 5.34. The minimum absolute atomic E-state index is 0.268. The second kappa shape index (κ2) is 5.95. The van der Waals surface area contributed by atoms with Crippen molar-refractivity contribution in [2.45, 2.75) is 19.8 Å². The third-order valence-electron chi connectivity index (χ3n) is 4.27. The van der Waals surface area contributed by atoms with Gasteiger partial charge in [0.15, 0.2) is 0 Å². The van der Waals surface area contributed by atoms with E-state index in [4.69, 9.17) is 10.3 Å². The summed E-state index contributed by atoms with van der Waals surface area (Å²) in [5.41, 5.74) is 7.10. The van der Waals surface area contributed by atoms with Gasteiger partial charge in [-0.25, -0.2) is 0 Å². The van der Waals surface area contributed by atoms with E-state index < -0.39 is 0 Å². The van der Waals surface area contributed by atoms with Crippen LogP contribution in [0.5, 0.6) is 0 Å². The standard InChI is InChI=1S/C16H22N4O/c1-16(11-17)8-10-20(12-16)9-7-14-18-15(19-21-14)13-5-3-2-4-6-13/h2-6H,7-12,17H2,1H3. The van der Waals surface area contributed by atoms with E-state index in [9.17, 15) is 0 Å². The van der Waals surface area contributed by atoms with E-state index in [1.54, 1.807) is 0 Å². The second-order valence-electron chi connectivity index (χ2n) is 6.17. The Labute approximate surface area is 125 Å². The molecule has 112 valence electrons. The molecule has 1 aromatic heterocycles. The fraction of sp³-hybridized carbons (Fsp3) is 0.500. The molecule has 1 aliphatic rings. The Morgan fingerprint density at radius 2 is 2.14 bits per heavy atom. The van der Waals surface area contributed by atoms with Gasteiger partial charge in [-0.15, -0.1) is 0 Å². The Morgan fingerprint density at radius 1 is 1.33 bits per heavy atom. The van der Waals surface area contributed by atoms with E-state index >= 15 is 0 Å². The van der Waals surface area contributed by atoms with Gasteiger partial charge in [-0.05, 0) is 24.9 Å². The quantitative estimate of drug-likeness (QED) is 0.910. The molecule has 1 aromatic carbocycles. The summed E-state index contributed by atoms with van der Waals surface area (Å²) in [5, 5.41) is 4.05. The van der Waals surface area contributed by atoms with Crippen LogP contribution in [0.25, 0.3) is 11.4 Å². The Kier molecular flexibility index (Phi) is 4.03. The zero-order valence-electron chi connectivity index (χ0n) is 12.5. The van der Waals surface area contributed by atoms with E-state index in [0.717, 1.165) is 38.2 Å². The van der Waals surface area contributed by atoms with Crippen LogP contribution in [0.2, 0.25) is 0 Å². The molecule has 0 saturated carbocycles. The molecule has 1 unspecified atom stereocenters. The fourth-order valence-electron chi connectivity index (χ4n) is 2.80. The number of rotatable bonds is 5. The molecule has 0 bridgehead atoms. The van der Waals surface area contributed by atoms with E-state index in [1.807, 2.05) is 30.3 Å². The highest BCUT2D eigenvalue weighted by molar-refractivity contribution is 5.53. The van der Waals surface area contributed by atoms with Gasteiger partial charge in [0.25, 0.3) is 0 Å². The Morgan fingerprint density at radius 3 is 2.86 bits per heavy atom. The van der Waals surface area contributed by atoms with Crippen LogP contribution in [0.4, 0.5) is 0 Å². The lowest BCUT2D eigenvalue weighted by atomic mass is 9.90. The first kappa shape index (κ1) is 14.2. The van der Waals surface area contributed by atoms with Crippen LogP contribution in [0, 0.1) is 5.41 Å². The highest BCUT2D eigenvalue weighted by atomic mass is 16.5. The summed E-state index contributed by atoms with van der Waals surface area (Å²) in [7, 11) is 0. The van der Waals surface area contributed by atoms with Crippen molar-refractivity contribution in [3.05, 3.63) is 36.2 Å². The lowest BCUT2D eigenvalue weighted by Crippen LogP contribution is -2.32. The largest absolute Gasteiger partial charge is 0.339 e. The Hall–Kier alpha value is -1.72. The normalized spacial score (nSPS) is 22.8. The predicted octanol–water partition coefficient (Wildman–Crippen LogP) is 1.95. The molecular formula is C16H22N4O. The van der Waals surface area contributed by atoms with Crippen LogP contribution in [0.3, 0.4) is 0 Å². The summed E-state index contributed by atoms with van der Waals surface area (Å²) in [4.78, 5) is 6.90. The highest BCUT2D eigenvalue weighted by Gasteiger charge is 2.32. The molecule has 3 rings (SSSR count). The van der Waals surface area contributed by atoms with Crippen LogP contribution in [-0.4, -0.2) is 41.2 Å². The molecule has 1 atom stereocenters. The number of likely N-dealkylation sites (tertiary alicyclic amines) is 1. The van der Waals surface area contributed by atoms with Crippen molar-refractivity contribution < 1.29 is 4.52 Å². The average molecular weight is 286 g/mol. The van der Waals surface area contributed by atoms with Crippen molar-refractivity contribution in [3.63, 3.8) is 0 Å². The first-order valence-corrected chi connectivity index (χ1v) is 7.49. The van der Waals surface area contributed by atoms with E-state index in [1.165, 1.54) is 6.42 Å². The van der Waals surface area contributed by atoms with Crippen LogP contribution < -0.4 is 5.73 Å². The van der Waals surface area contributed by atoms with Crippen molar-refractivity contribution in [2.24, 2.45) is 11.1 Å². The number of hydrogen-bond acceptors (Lipinski definition) is 5. The van der Waals surface area contributed by atoms with Crippen molar-refractivity contribution in [1.82, 2.24) is 15.0 Å². The van der Waals surface area contributed by atoms with Crippen LogP contribution in [-0.2, 0) is 6.42 Å². The molecule has 0 radical (unpaired) electrons. The monoisotopic (exact) mass is 286 g/mol. The van der Waals surface area contributed by atoms with Gasteiger partial charge in [-0.1, -0.05) is 42.4 Å². The molecule has 1 fully saturated rings. The summed E-state index contributed by atoms with van der Waals surface area (Å²) >= 11 is 0. The third-order valence-corrected chi connectivity index (χ3v) is 4.27. The van der Waals surface area contributed by atoms with Crippen LogP contribution >= 0.6 is 0 Å². The minimum atomic E-state index is 0.268. The maximum Gasteiger partial charge on any atom is 0.228 e. The molecule has 5 nitrogen and oxygen atoms in total. The SMILES string of the molecule is CC1(CN)CCN(CCc2nc(-c3ccccc3)no2)C1. The van der Waals surface area contributed by atoms with Gasteiger partial charge < -0.3 is 15.2 Å². The fourth-order valence-corrected chi connectivity index (χ4v) is 2.80. The minimum Gasteiger partial charge on any atom is -0.339 e. The lowest BCUT2D eigenvalue weighted by molar-refractivity contribution is 0.271. The topological polar surface area (TPSA) is 68.2 Å². The van der Waals surface area contributed by atoms with Crippen molar-refractivity contribution in [1.29, 1.82) is 0 Å². The summed E-state index contributed by atoms with van der Waals surface area (Å²) in [6, 6.07) is 9.91. The van der Waals surface area contributed by atoms with Gasteiger partial charge in [-0.3, -0.25) is 0 Å². The maximum absolute atomic E-state index is 5.84. The number of aromatic nitrogens is 2. The zero-order valence-corrected chi connectivity index (χ0v) is 12.5. The molecular weight excluding hydrogens is 264 g/mol. The van der Waals surface area contributed by atoms with Gasteiger partial charge in [0.2, 0.25) is 11.7 Å². The highest BCUT2D eigenvalue weighted by Crippen LogP contribution is 2.28. The summed E-state index contributed by atoms with van der Waals surface area (Å²) in [6.45, 7) is 6.12. The first-order valence-electron chi connectivity index (χ1n) is 7.49. The zero-order chi connectivity index (χ0) is 14.7. The molecule has 2 N–H and O–H groups in total. The van der Waals surface area contributed by atoms with Gasteiger partial charge in [-0.2, -0.15) is 4.98 Å². The molecule has 0 amide bonds. The van der Waals surface area contributed by atoms with Crippen LogP contribution in [0.1, 0.15) is 19.2 Å². The van der Waals surface area contributed by atoms with Crippen molar-refractivity contribution in [2.75, 3.05) is 26.2 Å².